The maximum Gasteiger partial charge on any atom is 0.229 e. The minimum Gasteiger partial charge on any atom is -0.392 e. The second kappa shape index (κ2) is 19.4. The van der Waals surface area contributed by atoms with E-state index in [4.69, 9.17) is 10.5 Å². The van der Waals surface area contributed by atoms with Gasteiger partial charge in [-0.05, 0) is 86.3 Å². The van der Waals surface area contributed by atoms with E-state index >= 15 is 0 Å². The Hall–Kier alpha value is -4.26. The van der Waals surface area contributed by atoms with E-state index in [1.54, 1.807) is 24.3 Å². The Bertz CT molecular complexity index is 1590. The number of nitrogens with zero attached hydrogens (tertiary/aromatic N) is 4. The molecule has 2 heterocycles. The first-order chi connectivity index (χ1) is 25.6. The number of piperidine rings is 2. The zero-order valence-corrected chi connectivity index (χ0v) is 32.1. The van der Waals surface area contributed by atoms with E-state index in [1.165, 1.54) is 9.80 Å². The number of amides is 4. The summed E-state index contributed by atoms with van der Waals surface area (Å²) in [6, 6.07) is 10.9. The van der Waals surface area contributed by atoms with Gasteiger partial charge >= 0.3 is 0 Å². The van der Waals surface area contributed by atoms with Crippen LogP contribution in [-0.4, -0.2) is 74.0 Å². The smallest absolute Gasteiger partial charge is 0.229 e. The van der Waals surface area contributed by atoms with Gasteiger partial charge < -0.3 is 10.2 Å². The van der Waals surface area contributed by atoms with Gasteiger partial charge in [0, 0.05) is 62.3 Å². The predicted molar refractivity (Wildman–Crippen MR) is 197 cm³/mol. The molecule has 8 atom stereocenters. The summed E-state index contributed by atoms with van der Waals surface area (Å²) in [6.45, 7) is 8.48. The Labute approximate surface area is 318 Å². The third-order valence-electron chi connectivity index (χ3n) is 11.8. The first-order valence-corrected chi connectivity index (χ1v) is 19.6. The lowest BCUT2D eigenvalue weighted by Gasteiger charge is -2.36. The highest BCUT2D eigenvalue weighted by Gasteiger charge is 2.41. The second-order valence-corrected chi connectivity index (χ2v) is 16.5. The lowest BCUT2D eigenvalue weighted by molar-refractivity contribution is -0.153. The molecular formula is C42H56N4O8. The van der Waals surface area contributed by atoms with Crippen LogP contribution in [0.2, 0.25) is 0 Å². The van der Waals surface area contributed by atoms with Crippen molar-refractivity contribution in [2.45, 2.75) is 123 Å². The normalized spacial score (nSPS) is 28.2. The number of nitriles is 2. The largest absolute Gasteiger partial charge is 0.392 e. The zero-order chi connectivity index (χ0) is 39.7. The van der Waals surface area contributed by atoms with Crippen LogP contribution >= 0.6 is 0 Å². The molecule has 4 fully saturated rings. The van der Waals surface area contributed by atoms with E-state index in [0.717, 1.165) is 18.4 Å². The summed E-state index contributed by atoms with van der Waals surface area (Å²) in [5.74, 6) is -1.26. The molecule has 2 aliphatic carbocycles. The van der Waals surface area contributed by atoms with E-state index in [2.05, 4.69) is 13.8 Å². The number of carbonyl (C=O) groups is 6. The number of carbonyl (C=O) groups excluding carboxylic acids is 6. The average molecular weight is 745 g/mol. The molecule has 2 saturated heterocycles. The summed E-state index contributed by atoms with van der Waals surface area (Å²) < 4.78 is 0. The van der Waals surface area contributed by atoms with Gasteiger partial charge in [0.1, 0.15) is 11.6 Å². The molecule has 1 aromatic rings. The van der Waals surface area contributed by atoms with E-state index in [0.29, 0.717) is 55.9 Å². The van der Waals surface area contributed by atoms with Crippen LogP contribution in [-0.2, 0) is 35.3 Å². The summed E-state index contributed by atoms with van der Waals surface area (Å²) in [6.07, 6.45) is 3.76. The molecule has 0 radical (unpaired) electrons. The first-order valence-electron chi connectivity index (χ1n) is 19.6. The topological polar surface area (TPSA) is 197 Å². The number of benzene rings is 1. The Morgan fingerprint density at radius 1 is 0.667 bits per heavy atom. The minimum atomic E-state index is -0.802. The molecule has 4 aliphatic rings. The van der Waals surface area contributed by atoms with Crippen LogP contribution in [0.4, 0.5) is 0 Å². The number of likely N-dealkylation sites (tertiary alicyclic amines) is 2. The lowest BCUT2D eigenvalue weighted by Crippen LogP contribution is -2.45. The van der Waals surface area contributed by atoms with Crippen LogP contribution in [0.5, 0.6) is 0 Å². The van der Waals surface area contributed by atoms with Gasteiger partial charge in [-0.3, -0.25) is 38.6 Å². The van der Waals surface area contributed by atoms with Gasteiger partial charge in [-0.25, -0.2) is 0 Å². The van der Waals surface area contributed by atoms with Crippen molar-refractivity contribution >= 4 is 35.2 Å². The van der Waals surface area contributed by atoms with Gasteiger partial charge in [-0.2, -0.15) is 10.5 Å². The maximum absolute atomic E-state index is 12.6. The summed E-state index contributed by atoms with van der Waals surface area (Å²) in [7, 11) is 0. The number of imide groups is 2. The molecule has 12 nitrogen and oxygen atoms in total. The number of unbranched alkanes of at least 4 members (excludes halogenated alkanes) is 1. The highest BCUT2D eigenvalue weighted by atomic mass is 16.3. The number of aliphatic hydroxyl groups excluding tert-OH is 2. The average Bonchev–Trinajstić information content (AvgIpc) is 3.11. The van der Waals surface area contributed by atoms with Crippen LogP contribution < -0.4 is 0 Å². The molecule has 2 aliphatic heterocycles. The summed E-state index contributed by atoms with van der Waals surface area (Å²) in [5, 5.41) is 38.6. The summed E-state index contributed by atoms with van der Waals surface area (Å²) in [4.78, 5) is 76.9. The molecule has 0 aromatic heterocycles. The van der Waals surface area contributed by atoms with Gasteiger partial charge in [-0.1, -0.05) is 39.8 Å². The third-order valence-corrected chi connectivity index (χ3v) is 11.8. The van der Waals surface area contributed by atoms with Crippen molar-refractivity contribution in [1.82, 2.24) is 9.80 Å². The van der Waals surface area contributed by atoms with Crippen molar-refractivity contribution in [1.29, 1.82) is 10.5 Å². The lowest BCUT2D eigenvalue weighted by atomic mass is 9.71. The van der Waals surface area contributed by atoms with Crippen LogP contribution in [0.3, 0.4) is 0 Å². The van der Waals surface area contributed by atoms with E-state index in [1.807, 2.05) is 26.0 Å². The molecule has 54 heavy (non-hydrogen) atoms. The van der Waals surface area contributed by atoms with Crippen LogP contribution in [0.25, 0.3) is 0 Å². The molecule has 0 spiro atoms. The standard InChI is InChI=1S/C23H28N2O4.C19H28N2O4/c1-14-7-15(2)23(29)19(8-14)20(26)9-18-10-21(27)25(22(28)11-18)13-17-5-3-16(12-24)4-6-17;1-12-7-13(2)19(25)15(8-12)16(22)9-14-10-17(23)21(18(24)11-14)6-4-3-5-20/h3-6,14-15,18-20,26H,7-11,13H2,1-2H3;12-16,22H,3-4,6-11H2,1-2H3/t14-,15?,19?,20+;12-,13?,15?,16+/m00/s1. The summed E-state index contributed by atoms with van der Waals surface area (Å²) in [5.41, 5.74) is 1.32. The van der Waals surface area contributed by atoms with Crippen molar-refractivity contribution in [2.24, 2.45) is 47.3 Å². The molecule has 1 aromatic carbocycles. The quantitative estimate of drug-likeness (QED) is 0.233. The molecule has 0 bridgehead atoms. The van der Waals surface area contributed by atoms with Crippen LogP contribution in [0, 0.1) is 70.0 Å². The van der Waals surface area contributed by atoms with Crippen molar-refractivity contribution in [2.75, 3.05) is 6.54 Å². The Morgan fingerprint density at radius 2 is 1.09 bits per heavy atom. The zero-order valence-electron chi connectivity index (χ0n) is 32.1. The SMILES string of the molecule is CC1C[C@H](C)CC([C@H](O)CC2CC(=O)N(CCCC#N)C(=O)C2)C1=O.CC1C[C@H](C)CC([C@H](O)CC2CC(=O)N(Cc3ccc(C#N)cc3)C(=O)C2)C1=O. The maximum atomic E-state index is 12.6. The van der Waals surface area contributed by atoms with Crippen LogP contribution in [0.1, 0.15) is 116 Å². The minimum absolute atomic E-state index is 0.0337. The fraction of sp³-hybridized carbons (Fsp3) is 0.667. The number of hydrogen-bond donors (Lipinski definition) is 2. The monoisotopic (exact) mass is 744 g/mol. The second-order valence-electron chi connectivity index (χ2n) is 16.5. The number of rotatable bonds is 11. The highest BCUT2D eigenvalue weighted by molar-refractivity contribution is 5.98. The molecule has 292 valence electrons. The Kier molecular flexibility index (Phi) is 15.2. The van der Waals surface area contributed by atoms with Crippen molar-refractivity contribution in [3.05, 3.63) is 35.4 Å². The Balaban J connectivity index is 0.000000244. The highest BCUT2D eigenvalue weighted by Crippen LogP contribution is 2.37. The van der Waals surface area contributed by atoms with Crippen molar-refractivity contribution in [3.63, 3.8) is 0 Å². The first kappa shape index (κ1) is 42.5. The van der Waals surface area contributed by atoms with Gasteiger partial charge in [0.15, 0.2) is 0 Å². The van der Waals surface area contributed by atoms with Crippen molar-refractivity contribution < 1.29 is 39.0 Å². The fourth-order valence-corrected chi connectivity index (χ4v) is 8.96. The molecular weight excluding hydrogens is 688 g/mol. The molecule has 4 amide bonds. The molecule has 2 saturated carbocycles. The van der Waals surface area contributed by atoms with E-state index in [-0.39, 0.29) is 104 Å². The predicted octanol–water partition coefficient (Wildman–Crippen LogP) is 4.88. The van der Waals surface area contributed by atoms with Gasteiger partial charge in [0.25, 0.3) is 0 Å². The van der Waals surface area contributed by atoms with Crippen LogP contribution in [0.15, 0.2) is 24.3 Å². The molecule has 2 N–H and O–H groups in total. The number of hydrogen-bond acceptors (Lipinski definition) is 10. The van der Waals surface area contributed by atoms with Gasteiger partial charge in [-0.15, -0.1) is 0 Å². The number of ketones is 2. The van der Waals surface area contributed by atoms with Gasteiger partial charge in [0.05, 0.1) is 36.5 Å². The fourth-order valence-electron chi connectivity index (χ4n) is 8.96. The Morgan fingerprint density at radius 3 is 1.50 bits per heavy atom. The van der Waals surface area contributed by atoms with E-state index < -0.39 is 18.1 Å². The van der Waals surface area contributed by atoms with Gasteiger partial charge in [0.2, 0.25) is 23.6 Å². The number of Topliss-reactive ketones (excluding diaryl/α,β-unsaturated/α-hetero) is 2. The molecule has 12 heteroatoms. The van der Waals surface area contributed by atoms with Crippen molar-refractivity contribution in [3.8, 4) is 12.1 Å². The summed E-state index contributed by atoms with van der Waals surface area (Å²) >= 11 is 0. The van der Waals surface area contributed by atoms with E-state index in [9.17, 15) is 39.0 Å². The number of aliphatic hydroxyl groups is 2. The third kappa shape index (κ3) is 11.1. The molecule has 5 rings (SSSR count). The molecule has 4 unspecified atom stereocenters.